The first-order valence-corrected chi connectivity index (χ1v) is 10.2. The summed E-state index contributed by atoms with van der Waals surface area (Å²) in [6, 6.07) is 0. The third-order valence-corrected chi connectivity index (χ3v) is 6.83. The molecule has 1 unspecified atom stereocenters. The summed E-state index contributed by atoms with van der Waals surface area (Å²) in [5.41, 5.74) is -12.4. The van der Waals surface area contributed by atoms with Crippen molar-refractivity contribution >= 4 is 72.6 Å². The Morgan fingerprint density at radius 2 is 1.29 bits per heavy atom. The van der Waals surface area contributed by atoms with Crippen molar-refractivity contribution in [1.82, 2.24) is 3.62 Å². The lowest BCUT2D eigenvalue weighted by Crippen LogP contribution is -2.52. The first kappa shape index (κ1) is 22.0. The van der Waals surface area contributed by atoms with Gasteiger partial charge in [-0.1, -0.05) is 29.0 Å². The van der Waals surface area contributed by atoms with Crippen molar-refractivity contribution in [3.63, 3.8) is 0 Å². The summed E-state index contributed by atoms with van der Waals surface area (Å²) < 4.78 is 116. The normalized spacial score (nSPS) is 16.2. The maximum atomic E-state index is 12.4. The van der Waals surface area contributed by atoms with Crippen molar-refractivity contribution in [1.29, 1.82) is 0 Å². The molecule has 0 aliphatic carbocycles. The summed E-state index contributed by atoms with van der Waals surface area (Å²) in [5.74, 6) is 0. The smallest absolute Gasteiger partial charge is 0.325 e. The number of halogens is 8. The van der Waals surface area contributed by atoms with E-state index in [-0.39, 0.29) is 18.3 Å². The van der Waals surface area contributed by atoms with Gasteiger partial charge in [-0.15, -0.1) is 22.6 Å². The average Bonchev–Trinajstić information content (AvgIpc) is 2.22. The molecule has 0 N–H and O–H groups in total. The van der Waals surface area contributed by atoms with E-state index in [0.717, 1.165) is 0 Å². The molecule has 0 aromatic heterocycles. The minimum absolute atomic E-state index is 0.0294. The van der Waals surface area contributed by atoms with E-state index in [4.69, 9.17) is 0 Å². The van der Waals surface area contributed by atoms with Crippen LogP contribution < -0.4 is 0 Å². The van der Waals surface area contributed by atoms with Crippen LogP contribution >= 0.6 is 45.2 Å². The fourth-order valence-electron chi connectivity index (χ4n) is 0.804. The molecule has 2 radical (unpaired) electrons. The fraction of sp³-hybridized carbons (Fsp3) is 1.00. The van der Waals surface area contributed by atoms with Gasteiger partial charge in [0.15, 0.2) is 0 Å². The van der Waals surface area contributed by atoms with Gasteiger partial charge < -0.3 is 3.62 Å². The first-order chi connectivity index (χ1) is 9.09. The maximum Gasteiger partial charge on any atom is 0.509 e. The van der Waals surface area contributed by atoms with Crippen LogP contribution in [0.25, 0.3) is 0 Å². The van der Waals surface area contributed by atoms with E-state index in [1.807, 2.05) is 0 Å². The highest BCUT2D eigenvalue weighted by Gasteiger charge is 2.56. The highest BCUT2D eigenvalue weighted by molar-refractivity contribution is 14.1. The molecule has 0 rings (SSSR count). The van der Waals surface area contributed by atoms with Crippen LogP contribution in [-0.2, 0) is 20.0 Å². The molecule has 0 bridgehead atoms. The van der Waals surface area contributed by atoms with Crippen LogP contribution in [0, 0.1) is 0 Å². The Hall–Kier alpha value is 0.965. The molecule has 0 aliphatic rings. The van der Waals surface area contributed by atoms with E-state index in [9.17, 15) is 43.2 Å². The molecule has 0 amide bonds. The Labute approximate surface area is 144 Å². The van der Waals surface area contributed by atoms with Crippen LogP contribution in [0.2, 0.25) is 0 Å². The van der Waals surface area contributed by atoms with Crippen LogP contribution in [0.4, 0.5) is 26.3 Å². The summed E-state index contributed by atoms with van der Waals surface area (Å²) >= 11 is 3.06. The van der Waals surface area contributed by atoms with Crippen molar-refractivity contribution in [2.45, 2.75) is 21.3 Å². The Morgan fingerprint density at radius 1 is 0.952 bits per heavy atom. The van der Waals surface area contributed by atoms with E-state index >= 15 is 0 Å². The SMILES string of the molecule is O=S(=O)(N([B-]C(I)CCI)S(=O)(=O)C(F)(F)F)C(F)(F)F. The van der Waals surface area contributed by atoms with Gasteiger partial charge in [0.2, 0.25) is 0 Å². The van der Waals surface area contributed by atoms with Crippen molar-refractivity contribution in [2.24, 2.45) is 0 Å². The third-order valence-electron chi connectivity index (χ3n) is 1.73. The number of alkyl halides is 8. The van der Waals surface area contributed by atoms with Crippen LogP contribution in [0.15, 0.2) is 0 Å². The van der Waals surface area contributed by atoms with Gasteiger partial charge >= 0.3 is 11.0 Å². The Kier molecular flexibility index (Phi) is 7.58. The first-order valence-electron chi connectivity index (χ1n) is 4.56. The lowest BCUT2D eigenvalue weighted by Gasteiger charge is -2.37. The minimum atomic E-state index is -6.73. The van der Waals surface area contributed by atoms with E-state index in [1.165, 1.54) is 22.6 Å². The van der Waals surface area contributed by atoms with Crippen molar-refractivity contribution in [3.05, 3.63) is 0 Å². The summed E-state index contributed by atoms with van der Waals surface area (Å²) in [4.78, 5) is 0. The van der Waals surface area contributed by atoms with Crippen LogP contribution in [0.1, 0.15) is 6.42 Å². The van der Waals surface area contributed by atoms with Crippen LogP contribution in [0.5, 0.6) is 0 Å². The molecule has 1 atom stereocenters. The standard InChI is InChI=1S/C5H5BF6I2NO4S2/c7-4(8,9)20(16,17)15(6-3(14)1-2-13)21(18,19)5(10,11)12/h3H,1-2H2/q-1. The lowest BCUT2D eigenvalue weighted by molar-refractivity contribution is -0.0507. The van der Waals surface area contributed by atoms with Gasteiger partial charge in [-0.05, 0) is 4.43 Å². The largest absolute Gasteiger partial charge is 0.509 e. The predicted molar refractivity (Wildman–Crippen MR) is 78.9 cm³/mol. The van der Waals surface area contributed by atoms with E-state index in [0.29, 0.717) is 0 Å². The van der Waals surface area contributed by atoms with Crippen molar-refractivity contribution < 1.29 is 43.2 Å². The second kappa shape index (κ2) is 7.24. The highest BCUT2D eigenvalue weighted by Crippen LogP contribution is 2.35. The van der Waals surface area contributed by atoms with Gasteiger partial charge in [-0.25, -0.2) is 16.8 Å². The zero-order valence-corrected chi connectivity index (χ0v) is 15.4. The molecule has 0 aliphatic heterocycles. The maximum absolute atomic E-state index is 12.4. The molecule has 0 saturated heterocycles. The third kappa shape index (κ3) is 5.23. The lowest BCUT2D eigenvalue weighted by atomic mass is 9.90. The predicted octanol–water partition coefficient (Wildman–Crippen LogP) is 2.19. The van der Waals surface area contributed by atoms with Gasteiger partial charge in [0, 0.05) is 0 Å². The highest BCUT2D eigenvalue weighted by atomic mass is 127. The summed E-state index contributed by atoms with van der Waals surface area (Å²) in [6.07, 6.45) is -0.0294. The zero-order valence-electron chi connectivity index (χ0n) is 9.49. The molecule has 16 heteroatoms. The number of sulfonamides is 2. The molecule has 126 valence electrons. The number of hydrogen-bond donors (Lipinski definition) is 0. The number of nitrogens with zero attached hydrogens (tertiary/aromatic N) is 1. The molecule has 0 saturated carbocycles. The van der Waals surface area contributed by atoms with Crippen LogP contribution in [0.3, 0.4) is 0 Å². The van der Waals surface area contributed by atoms with Gasteiger partial charge in [-0.3, -0.25) is 0 Å². The van der Waals surface area contributed by atoms with Gasteiger partial charge in [-0.2, -0.15) is 37.6 Å². The second-order valence-corrected chi connectivity index (χ2v) is 9.79. The molecular formula is C5H5BF6I2NO4S2-. The summed E-state index contributed by atoms with van der Waals surface area (Å²) in [6.45, 7) is 0. The Morgan fingerprint density at radius 3 is 1.52 bits per heavy atom. The summed E-state index contributed by atoms with van der Waals surface area (Å²) in [7, 11) is -13.6. The van der Waals surface area contributed by atoms with Crippen molar-refractivity contribution in [3.8, 4) is 0 Å². The molecule has 0 aromatic rings. The minimum Gasteiger partial charge on any atom is -0.325 e. The van der Waals surface area contributed by atoms with E-state index < -0.39 is 38.5 Å². The topological polar surface area (TPSA) is 71.5 Å². The second-order valence-electron chi connectivity index (χ2n) is 3.27. The van der Waals surface area contributed by atoms with Gasteiger partial charge in [0.1, 0.15) is 0 Å². The fourth-order valence-corrected chi connectivity index (χ4v) is 6.30. The van der Waals surface area contributed by atoms with E-state index in [1.54, 1.807) is 22.6 Å². The molecule has 5 nitrogen and oxygen atoms in total. The number of rotatable bonds is 6. The monoisotopic (exact) mass is 586 g/mol. The van der Waals surface area contributed by atoms with Crippen LogP contribution in [-0.4, -0.2) is 47.1 Å². The molecular weight excluding hydrogens is 581 g/mol. The number of hydrogen-bond acceptors (Lipinski definition) is 4. The molecule has 0 aromatic carbocycles. The quantitative estimate of drug-likeness (QED) is 0.208. The van der Waals surface area contributed by atoms with Crippen molar-refractivity contribution in [2.75, 3.05) is 4.43 Å². The molecule has 0 heterocycles. The molecule has 0 fully saturated rings. The zero-order chi connectivity index (χ0) is 17.3. The molecule has 0 spiro atoms. The van der Waals surface area contributed by atoms with Gasteiger partial charge in [0.25, 0.3) is 20.0 Å². The van der Waals surface area contributed by atoms with E-state index in [2.05, 4.69) is 0 Å². The molecule has 21 heavy (non-hydrogen) atoms. The van der Waals surface area contributed by atoms with Gasteiger partial charge in [0.05, 0.1) is 0 Å². The Balaban J connectivity index is 5.97. The average molecular weight is 586 g/mol. The Bertz CT molecular complexity index is 517. The summed E-state index contributed by atoms with van der Waals surface area (Å²) in [5, 5.41) is 0.